The third-order valence-electron chi connectivity index (χ3n) is 6.74. The zero-order chi connectivity index (χ0) is 38.3. The molecule has 0 amide bonds. The Morgan fingerprint density at radius 3 is 1.78 bits per heavy atom. The van der Waals surface area contributed by atoms with Gasteiger partial charge in [-0.1, -0.05) is 156 Å². The normalized spacial score (nSPS) is 10.2. The van der Waals surface area contributed by atoms with Gasteiger partial charge in [-0.3, -0.25) is 0 Å². The minimum Gasteiger partial charge on any atom is -0.355 e. The zero-order valence-electron chi connectivity index (χ0n) is 33.6. The Labute approximate surface area is 308 Å². The van der Waals surface area contributed by atoms with Gasteiger partial charge in [-0.15, -0.1) is 13.2 Å². The summed E-state index contributed by atoms with van der Waals surface area (Å²) in [5, 5.41) is 3.61. The number of nitrogens with one attached hydrogen (secondary N) is 1. The maximum absolute atomic E-state index is 4.15. The number of rotatable bonds is 7. The van der Waals surface area contributed by atoms with E-state index in [1.807, 2.05) is 67.5 Å². The Bertz CT molecular complexity index is 1570. The van der Waals surface area contributed by atoms with Crippen LogP contribution in [0, 0.1) is 13.8 Å². The lowest BCUT2D eigenvalue weighted by Gasteiger charge is -2.14. The Morgan fingerprint density at radius 2 is 1.30 bits per heavy atom. The number of hydrogen-bond acceptors (Lipinski definition) is 1. The van der Waals surface area contributed by atoms with Crippen LogP contribution in [0.4, 0.5) is 11.4 Å². The Hall–Kier alpha value is -4.82. The molecule has 0 aliphatic heterocycles. The van der Waals surface area contributed by atoms with Crippen LogP contribution >= 0.6 is 0 Å². The summed E-state index contributed by atoms with van der Waals surface area (Å²) < 4.78 is 2.38. The second kappa shape index (κ2) is 30.3. The van der Waals surface area contributed by atoms with Gasteiger partial charge in [0, 0.05) is 40.4 Å². The summed E-state index contributed by atoms with van der Waals surface area (Å²) in [6.07, 6.45) is 17.4. The number of hydrogen-bond donors (Lipinski definition) is 1. The summed E-state index contributed by atoms with van der Waals surface area (Å²) in [4.78, 5) is 0. The molecule has 5 rings (SSSR count). The molecule has 1 aliphatic carbocycles. The highest BCUT2D eigenvalue weighted by molar-refractivity contribution is 5.89. The predicted octanol–water partition coefficient (Wildman–Crippen LogP) is 15.6. The smallest absolute Gasteiger partial charge is 0.0494 e. The largest absolute Gasteiger partial charge is 0.355 e. The minimum atomic E-state index is 0.803. The van der Waals surface area contributed by atoms with E-state index in [4.69, 9.17) is 0 Å². The average Bonchev–Trinajstić information content (AvgIpc) is 3.72. The summed E-state index contributed by atoms with van der Waals surface area (Å²) in [7, 11) is 0. The molecule has 2 nitrogen and oxygen atoms in total. The lowest BCUT2D eigenvalue weighted by Crippen LogP contribution is -2.04. The number of para-hydroxylation sites is 2. The van der Waals surface area contributed by atoms with Crippen LogP contribution in [0.25, 0.3) is 23.3 Å². The van der Waals surface area contributed by atoms with Crippen molar-refractivity contribution in [2.45, 2.75) is 96.1 Å². The molecule has 1 heterocycles. The molecular formula is C48H68N2. The Kier molecular flexibility index (Phi) is 28.6. The van der Waals surface area contributed by atoms with E-state index in [1.54, 1.807) is 12.2 Å². The predicted molar refractivity (Wildman–Crippen MR) is 233 cm³/mol. The first-order chi connectivity index (χ1) is 24.3. The third kappa shape index (κ3) is 16.5. The minimum absolute atomic E-state index is 0.803. The highest BCUT2D eigenvalue weighted by Gasteiger charge is 2.20. The number of anilines is 2. The molecule has 1 N–H and O–H groups in total. The number of aryl methyl sites for hydroxylation is 1. The lowest BCUT2D eigenvalue weighted by molar-refractivity contribution is 0.787. The number of nitrogens with zero attached hydrogens (tertiary/aromatic N) is 1. The van der Waals surface area contributed by atoms with Gasteiger partial charge in [0.25, 0.3) is 0 Å². The topological polar surface area (TPSA) is 17.0 Å². The van der Waals surface area contributed by atoms with Crippen LogP contribution in [0.2, 0.25) is 0 Å². The molecule has 1 aromatic heterocycles. The molecule has 0 saturated heterocycles. The molecular weight excluding hydrogens is 605 g/mol. The highest BCUT2D eigenvalue weighted by Crippen LogP contribution is 2.39. The standard InChI is InChI=1S/C30H30N2.C6H8.2C3H6.3C2H6/c1-5-13-29-30(26-18-10-11-19-27(26)31-25-16-8-7-9-17-25)23(4)28(6-2)32(29)21-24-15-12-14-22(3)20-24;1-6-4-2-3-5-6;2*1-3-2;3*1-2/h5-20,31H,2,21H2,1,3-4H3;2-4H,5H2,1H3;2*3H,1H2,2H3;3*1-2H3/b13-5-;;;;;;. The van der Waals surface area contributed by atoms with Gasteiger partial charge in [0.05, 0.1) is 0 Å². The van der Waals surface area contributed by atoms with Gasteiger partial charge in [0.15, 0.2) is 0 Å². The quantitative estimate of drug-likeness (QED) is 0.193. The van der Waals surface area contributed by atoms with Gasteiger partial charge in [-0.2, -0.15) is 0 Å². The van der Waals surface area contributed by atoms with E-state index in [-0.39, 0.29) is 0 Å². The van der Waals surface area contributed by atoms with Crippen molar-refractivity contribution in [2.75, 3.05) is 5.32 Å². The molecule has 1 aliphatic rings. The number of benzene rings is 3. The molecule has 0 fully saturated rings. The zero-order valence-corrected chi connectivity index (χ0v) is 33.6. The van der Waals surface area contributed by atoms with Gasteiger partial charge >= 0.3 is 0 Å². The third-order valence-corrected chi connectivity index (χ3v) is 6.74. The maximum atomic E-state index is 4.15. The first kappa shape index (κ1) is 47.3. The lowest BCUT2D eigenvalue weighted by atomic mass is 9.98. The molecule has 4 aromatic rings. The second-order valence-electron chi connectivity index (χ2n) is 10.5. The van der Waals surface area contributed by atoms with Crippen molar-refractivity contribution in [2.24, 2.45) is 0 Å². The van der Waals surface area contributed by atoms with Crippen LogP contribution in [0.5, 0.6) is 0 Å². The fourth-order valence-electron chi connectivity index (χ4n) is 4.93. The van der Waals surface area contributed by atoms with E-state index in [0.29, 0.717) is 0 Å². The van der Waals surface area contributed by atoms with Gasteiger partial charge in [-0.05, 0) is 89.4 Å². The molecule has 0 radical (unpaired) electrons. The summed E-state index contributed by atoms with van der Waals surface area (Å²) >= 11 is 0. The van der Waals surface area contributed by atoms with Crippen molar-refractivity contribution in [1.82, 2.24) is 4.57 Å². The van der Waals surface area contributed by atoms with Crippen LogP contribution < -0.4 is 5.32 Å². The molecule has 0 spiro atoms. The molecule has 0 bridgehead atoms. The summed E-state index contributed by atoms with van der Waals surface area (Å²) in [6, 6.07) is 27.6. The molecule has 270 valence electrons. The SMILES string of the molecule is C=CC.C=CC.C=Cc1c(C)c(-c2ccccc2Nc2ccccc2)c(/C=C\C)n1Cc1cccc(C)c1.CC.CC.CC.CC1=CC=CC1. The molecule has 0 atom stereocenters. The highest BCUT2D eigenvalue weighted by atomic mass is 15.0. The van der Waals surface area contributed by atoms with Crippen LogP contribution in [0.1, 0.15) is 104 Å². The van der Waals surface area contributed by atoms with Crippen LogP contribution in [0.15, 0.2) is 141 Å². The van der Waals surface area contributed by atoms with Crippen LogP contribution in [-0.2, 0) is 6.54 Å². The number of aromatic nitrogens is 1. The maximum Gasteiger partial charge on any atom is 0.0494 e. The summed E-state index contributed by atoms with van der Waals surface area (Å²) in [5.74, 6) is 0. The first-order valence-electron chi connectivity index (χ1n) is 18.3. The van der Waals surface area contributed by atoms with Crippen molar-refractivity contribution >= 4 is 23.5 Å². The van der Waals surface area contributed by atoms with Gasteiger partial charge in [0.1, 0.15) is 0 Å². The molecule has 0 unspecified atom stereocenters. The molecule has 3 aromatic carbocycles. The fraction of sp³-hybridized carbons (Fsp3) is 0.292. The van der Waals surface area contributed by atoms with Crippen molar-refractivity contribution in [1.29, 1.82) is 0 Å². The monoisotopic (exact) mass is 673 g/mol. The average molecular weight is 673 g/mol. The van der Waals surface area contributed by atoms with Crippen molar-refractivity contribution in [3.05, 3.63) is 169 Å². The van der Waals surface area contributed by atoms with E-state index in [1.165, 1.54) is 45.5 Å². The molecule has 50 heavy (non-hydrogen) atoms. The van der Waals surface area contributed by atoms with Gasteiger partial charge in [-0.25, -0.2) is 0 Å². The van der Waals surface area contributed by atoms with Gasteiger partial charge in [0.2, 0.25) is 0 Å². The van der Waals surface area contributed by atoms with Crippen molar-refractivity contribution in [3.8, 4) is 11.1 Å². The summed E-state index contributed by atoms with van der Waals surface area (Å²) in [6.45, 7) is 36.0. The second-order valence-corrected chi connectivity index (χ2v) is 10.5. The fourth-order valence-corrected chi connectivity index (χ4v) is 4.93. The van der Waals surface area contributed by atoms with E-state index in [0.717, 1.165) is 23.6 Å². The van der Waals surface area contributed by atoms with Crippen LogP contribution in [0.3, 0.4) is 0 Å². The first-order valence-corrected chi connectivity index (χ1v) is 18.3. The Morgan fingerprint density at radius 1 is 0.720 bits per heavy atom. The van der Waals surface area contributed by atoms with E-state index in [9.17, 15) is 0 Å². The van der Waals surface area contributed by atoms with Crippen molar-refractivity contribution < 1.29 is 0 Å². The van der Waals surface area contributed by atoms with Crippen LogP contribution in [-0.4, -0.2) is 4.57 Å². The molecule has 0 saturated carbocycles. The van der Waals surface area contributed by atoms with E-state index >= 15 is 0 Å². The number of allylic oxidation sites excluding steroid dienone is 7. The molecule has 2 heteroatoms. The summed E-state index contributed by atoms with van der Waals surface area (Å²) in [5.41, 5.74) is 12.2. The van der Waals surface area contributed by atoms with E-state index in [2.05, 4.69) is 160 Å². The Balaban J connectivity index is 0. The van der Waals surface area contributed by atoms with Crippen molar-refractivity contribution in [3.63, 3.8) is 0 Å². The van der Waals surface area contributed by atoms with Gasteiger partial charge < -0.3 is 9.88 Å². The van der Waals surface area contributed by atoms with E-state index < -0.39 is 0 Å².